The van der Waals surface area contributed by atoms with Gasteiger partial charge >= 0.3 is 6.09 Å². The number of hydrogen-bond donors (Lipinski definition) is 2. The van der Waals surface area contributed by atoms with E-state index >= 15 is 0 Å². The number of rotatable bonds is 8. The van der Waals surface area contributed by atoms with Gasteiger partial charge in [-0.25, -0.2) is 19.7 Å². The van der Waals surface area contributed by atoms with Crippen molar-refractivity contribution in [3.05, 3.63) is 89.7 Å². The third-order valence-corrected chi connectivity index (χ3v) is 7.73. The number of aromatic nitrogens is 3. The molecule has 1 saturated carbocycles. The lowest BCUT2D eigenvalue weighted by Crippen LogP contribution is -2.35. The molecule has 1 fully saturated rings. The first-order chi connectivity index (χ1) is 19.6. The molecule has 3 heterocycles. The highest BCUT2D eigenvalue weighted by Crippen LogP contribution is 2.32. The maximum Gasteiger partial charge on any atom is 0.410 e. The summed E-state index contributed by atoms with van der Waals surface area (Å²) in [6.07, 6.45) is 7.86. The lowest BCUT2D eigenvalue weighted by Gasteiger charge is -2.25. The second-order valence-electron chi connectivity index (χ2n) is 9.73. The first kappa shape index (κ1) is 25.7. The van der Waals surface area contributed by atoms with E-state index in [1.807, 2.05) is 66.7 Å². The third kappa shape index (κ3) is 6.35. The number of carbonyl (C=O) groups is 2. The predicted molar refractivity (Wildman–Crippen MR) is 155 cm³/mol. The largest absolute Gasteiger partial charge is 0.445 e. The van der Waals surface area contributed by atoms with E-state index in [1.54, 1.807) is 17.3 Å². The molecule has 0 spiro atoms. The Bertz CT molecular complexity index is 1530. The van der Waals surface area contributed by atoms with Crippen molar-refractivity contribution in [2.24, 2.45) is 5.92 Å². The molecule has 1 aliphatic carbocycles. The molecule has 6 rings (SSSR count). The van der Waals surface area contributed by atoms with Crippen LogP contribution in [0.2, 0.25) is 0 Å². The Morgan fingerprint density at radius 2 is 1.85 bits per heavy atom. The van der Waals surface area contributed by atoms with Crippen molar-refractivity contribution in [2.75, 3.05) is 23.7 Å². The molecule has 202 valence electrons. The molecule has 0 bridgehead atoms. The monoisotopic (exact) mass is 552 g/mol. The zero-order valence-corrected chi connectivity index (χ0v) is 22.6. The summed E-state index contributed by atoms with van der Waals surface area (Å²) in [5, 5.41) is 7.94. The molecule has 9 nitrogen and oxygen atoms in total. The predicted octanol–water partition coefficient (Wildman–Crippen LogP) is 6.12. The van der Waals surface area contributed by atoms with Crippen molar-refractivity contribution in [3.8, 4) is 11.3 Å². The van der Waals surface area contributed by atoms with E-state index in [0.29, 0.717) is 25.5 Å². The molecule has 0 atom stereocenters. The fraction of sp³-hybridized carbons (Fsp3) is 0.233. The van der Waals surface area contributed by atoms with E-state index in [2.05, 4.69) is 25.6 Å². The number of thiazole rings is 1. The van der Waals surface area contributed by atoms with Gasteiger partial charge in [-0.1, -0.05) is 59.9 Å². The summed E-state index contributed by atoms with van der Waals surface area (Å²) in [5.74, 6) is 0.733. The summed E-state index contributed by atoms with van der Waals surface area (Å²) < 4.78 is 5.46. The normalized spacial score (nSPS) is 14.8. The Hall–Kier alpha value is -4.57. The number of carbonyl (C=O) groups excluding carboxylic acids is 2. The van der Waals surface area contributed by atoms with E-state index in [0.717, 1.165) is 50.9 Å². The molecule has 2 aromatic carbocycles. The zero-order chi connectivity index (χ0) is 27.3. The van der Waals surface area contributed by atoms with Crippen LogP contribution in [-0.2, 0) is 16.1 Å². The fourth-order valence-electron chi connectivity index (χ4n) is 4.32. The van der Waals surface area contributed by atoms with Crippen molar-refractivity contribution in [1.82, 2.24) is 19.9 Å². The molecule has 2 amide bonds. The average Bonchev–Trinajstić information content (AvgIpc) is 3.76. The van der Waals surface area contributed by atoms with Crippen molar-refractivity contribution < 1.29 is 14.3 Å². The van der Waals surface area contributed by atoms with Gasteiger partial charge in [-0.05, 0) is 48.6 Å². The molecule has 2 aromatic heterocycles. The van der Waals surface area contributed by atoms with Crippen LogP contribution in [0.15, 0.2) is 79.1 Å². The second-order valence-corrected chi connectivity index (χ2v) is 10.8. The molecule has 2 N–H and O–H groups in total. The van der Waals surface area contributed by atoms with Crippen LogP contribution in [0.3, 0.4) is 0 Å². The minimum absolute atomic E-state index is 0.0906. The summed E-state index contributed by atoms with van der Waals surface area (Å²) in [6, 6.07) is 19.2. The Morgan fingerprint density at radius 1 is 1.02 bits per heavy atom. The Kier molecular flexibility index (Phi) is 7.49. The highest BCUT2D eigenvalue weighted by Gasteiger charge is 2.29. The lowest BCUT2D eigenvalue weighted by atomic mass is 10.1. The molecule has 0 unspecified atom stereocenters. The van der Waals surface area contributed by atoms with Gasteiger partial charge in [-0.15, -0.1) is 0 Å². The Labute approximate surface area is 236 Å². The van der Waals surface area contributed by atoms with Crippen LogP contribution in [0.25, 0.3) is 16.8 Å². The van der Waals surface area contributed by atoms with E-state index in [9.17, 15) is 9.59 Å². The minimum Gasteiger partial charge on any atom is -0.445 e. The SMILES string of the molecule is O=C(Nc1ccc(-c2ccnc(Nc3cnc(C4=CCN(C(=O)OCc5ccccc5)CC4)s3)n2)cc1)C1CC1. The summed E-state index contributed by atoms with van der Waals surface area (Å²) in [5.41, 5.74) is 4.56. The van der Waals surface area contributed by atoms with Gasteiger partial charge in [0.05, 0.1) is 11.9 Å². The van der Waals surface area contributed by atoms with E-state index < -0.39 is 0 Å². The van der Waals surface area contributed by atoms with E-state index in [4.69, 9.17) is 4.74 Å². The number of nitrogens with zero attached hydrogens (tertiary/aromatic N) is 4. The van der Waals surface area contributed by atoms with Crippen LogP contribution >= 0.6 is 11.3 Å². The molecular formula is C30H28N6O3S. The van der Waals surface area contributed by atoms with Gasteiger partial charge in [0.2, 0.25) is 11.9 Å². The van der Waals surface area contributed by atoms with Gasteiger partial charge < -0.3 is 20.3 Å². The first-order valence-corrected chi connectivity index (χ1v) is 14.0. The Balaban J connectivity index is 1.04. The highest BCUT2D eigenvalue weighted by molar-refractivity contribution is 7.16. The van der Waals surface area contributed by atoms with Crippen LogP contribution in [0.4, 0.5) is 21.4 Å². The van der Waals surface area contributed by atoms with Crippen LogP contribution in [0.1, 0.15) is 29.8 Å². The highest BCUT2D eigenvalue weighted by atomic mass is 32.1. The maximum atomic E-state index is 12.5. The number of benzene rings is 2. The molecule has 2 aliphatic rings. The van der Waals surface area contributed by atoms with Gasteiger partial charge in [-0.2, -0.15) is 0 Å². The van der Waals surface area contributed by atoms with Gasteiger partial charge in [-0.3, -0.25) is 4.79 Å². The van der Waals surface area contributed by atoms with Gasteiger partial charge in [0.25, 0.3) is 0 Å². The molecular weight excluding hydrogens is 524 g/mol. The summed E-state index contributed by atoms with van der Waals surface area (Å²) in [4.78, 5) is 39.7. The summed E-state index contributed by atoms with van der Waals surface area (Å²) in [6.45, 7) is 1.33. The zero-order valence-electron chi connectivity index (χ0n) is 21.7. The molecule has 40 heavy (non-hydrogen) atoms. The number of amides is 2. The fourth-order valence-corrected chi connectivity index (χ4v) is 5.20. The third-order valence-electron chi connectivity index (χ3n) is 6.74. The molecule has 4 aromatic rings. The van der Waals surface area contributed by atoms with E-state index in [-0.39, 0.29) is 24.5 Å². The van der Waals surface area contributed by atoms with Crippen LogP contribution < -0.4 is 10.6 Å². The van der Waals surface area contributed by atoms with Crippen LogP contribution in [0.5, 0.6) is 0 Å². The molecule has 0 saturated heterocycles. The quantitative estimate of drug-likeness (QED) is 0.271. The second kappa shape index (κ2) is 11.7. The molecule has 1 aliphatic heterocycles. The minimum atomic E-state index is -0.310. The van der Waals surface area contributed by atoms with Crippen LogP contribution in [-0.4, -0.2) is 44.9 Å². The number of anilines is 3. The van der Waals surface area contributed by atoms with Gasteiger partial charge in [0, 0.05) is 36.5 Å². The van der Waals surface area contributed by atoms with Crippen molar-refractivity contribution in [1.29, 1.82) is 0 Å². The van der Waals surface area contributed by atoms with Gasteiger partial charge in [0.1, 0.15) is 16.6 Å². The smallest absolute Gasteiger partial charge is 0.410 e. The van der Waals surface area contributed by atoms with Gasteiger partial charge in [0.15, 0.2) is 0 Å². The number of hydrogen-bond acceptors (Lipinski definition) is 8. The summed E-state index contributed by atoms with van der Waals surface area (Å²) >= 11 is 1.52. The molecule has 10 heteroatoms. The number of ether oxygens (including phenoxy) is 1. The Morgan fingerprint density at radius 3 is 2.60 bits per heavy atom. The topological polar surface area (TPSA) is 109 Å². The first-order valence-electron chi connectivity index (χ1n) is 13.2. The maximum absolute atomic E-state index is 12.5. The van der Waals surface area contributed by atoms with E-state index in [1.165, 1.54) is 11.3 Å². The van der Waals surface area contributed by atoms with Crippen molar-refractivity contribution in [3.63, 3.8) is 0 Å². The molecule has 0 radical (unpaired) electrons. The van der Waals surface area contributed by atoms with Crippen molar-refractivity contribution >= 4 is 45.5 Å². The lowest BCUT2D eigenvalue weighted by molar-refractivity contribution is -0.117. The van der Waals surface area contributed by atoms with Crippen molar-refractivity contribution in [2.45, 2.75) is 25.9 Å². The average molecular weight is 553 g/mol. The standard InChI is InChI=1S/C30H28N6O3S/c37-27(22-6-7-22)33-24-10-8-21(9-11-24)25-12-15-31-29(34-25)35-26-18-32-28(40-26)23-13-16-36(17-14-23)30(38)39-19-20-4-2-1-3-5-20/h1-5,8-13,15,18,22H,6-7,14,16-17,19H2,(H,33,37)(H,31,34,35). The summed E-state index contributed by atoms with van der Waals surface area (Å²) in [7, 11) is 0. The van der Waals surface area contributed by atoms with Crippen LogP contribution in [0, 0.1) is 5.92 Å². The number of nitrogens with one attached hydrogen (secondary N) is 2.